The molecule has 1 aromatic carbocycles. The van der Waals surface area contributed by atoms with E-state index in [1.807, 2.05) is 6.92 Å². The van der Waals surface area contributed by atoms with Crippen molar-refractivity contribution in [1.29, 1.82) is 0 Å². The zero-order chi connectivity index (χ0) is 15.8. The summed E-state index contributed by atoms with van der Waals surface area (Å²) in [5, 5.41) is 0. The second-order valence-electron chi connectivity index (χ2n) is 4.35. The predicted octanol–water partition coefficient (Wildman–Crippen LogP) is 2.17. The highest BCUT2D eigenvalue weighted by Gasteiger charge is 2.37. The first kappa shape index (κ1) is 16.9. The van der Waals surface area contributed by atoms with E-state index >= 15 is 0 Å². The number of esters is 2. The van der Waals surface area contributed by atoms with Crippen LogP contribution in [0.5, 0.6) is 0 Å². The molecule has 0 aromatic heterocycles. The molecule has 0 N–H and O–H groups in total. The first-order valence-corrected chi connectivity index (χ1v) is 7.01. The van der Waals surface area contributed by atoms with E-state index in [-0.39, 0.29) is 13.2 Å². The van der Waals surface area contributed by atoms with Crippen molar-refractivity contribution < 1.29 is 23.9 Å². The first-order valence-electron chi connectivity index (χ1n) is 7.01. The lowest BCUT2D eigenvalue weighted by molar-refractivity contribution is -0.158. The number of aryl methyl sites for hydroxylation is 1. The maximum Gasteiger partial charge on any atom is 0.328 e. The highest BCUT2D eigenvalue weighted by atomic mass is 16.6. The second-order valence-corrected chi connectivity index (χ2v) is 4.35. The minimum absolute atomic E-state index is 0.0940. The molecule has 0 saturated heterocycles. The van der Waals surface area contributed by atoms with Crippen LogP contribution < -0.4 is 0 Å². The fourth-order valence-electron chi connectivity index (χ4n) is 1.83. The zero-order valence-corrected chi connectivity index (χ0v) is 12.5. The SMILES string of the molecule is CCOC(=O)C(C(=O)OCC)C(=O)c1ccc(CC)cc1. The molecule has 0 heterocycles. The molecule has 0 aliphatic carbocycles. The Morgan fingerprint density at radius 2 is 1.38 bits per heavy atom. The molecule has 0 fully saturated rings. The lowest BCUT2D eigenvalue weighted by atomic mass is 9.96. The van der Waals surface area contributed by atoms with Crippen LogP contribution in [0, 0.1) is 5.92 Å². The Kier molecular flexibility index (Phi) is 6.59. The minimum Gasteiger partial charge on any atom is -0.465 e. The smallest absolute Gasteiger partial charge is 0.328 e. The molecule has 21 heavy (non-hydrogen) atoms. The molecule has 0 unspecified atom stereocenters. The summed E-state index contributed by atoms with van der Waals surface area (Å²) in [5.74, 6) is -3.91. The van der Waals surface area contributed by atoms with Crippen molar-refractivity contribution in [3.63, 3.8) is 0 Å². The van der Waals surface area contributed by atoms with Gasteiger partial charge in [0, 0.05) is 5.56 Å². The zero-order valence-electron chi connectivity index (χ0n) is 12.5. The van der Waals surface area contributed by atoms with Crippen molar-refractivity contribution in [1.82, 2.24) is 0 Å². The number of hydrogen-bond donors (Lipinski definition) is 0. The Morgan fingerprint density at radius 3 is 1.76 bits per heavy atom. The largest absolute Gasteiger partial charge is 0.465 e. The van der Waals surface area contributed by atoms with Crippen molar-refractivity contribution in [2.75, 3.05) is 13.2 Å². The number of carbonyl (C=O) groups excluding carboxylic acids is 3. The average Bonchev–Trinajstić information content (AvgIpc) is 2.48. The summed E-state index contributed by atoms with van der Waals surface area (Å²) in [6.45, 7) is 5.41. The maximum absolute atomic E-state index is 12.4. The summed E-state index contributed by atoms with van der Waals surface area (Å²) in [6.07, 6.45) is 0.841. The highest BCUT2D eigenvalue weighted by molar-refractivity contribution is 6.20. The van der Waals surface area contributed by atoms with E-state index in [0.29, 0.717) is 5.56 Å². The molecule has 0 aliphatic heterocycles. The van der Waals surface area contributed by atoms with E-state index in [9.17, 15) is 14.4 Å². The summed E-state index contributed by atoms with van der Waals surface area (Å²) in [7, 11) is 0. The summed E-state index contributed by atoms with van der Waals surface area (Å²) in [4.78, 5) is 36.1. The third-order valence-electron chi connectivity index (χ3n) is 2.95. The Bertz CT molecular complexity index is 486. The number of ether oxygens (including phenoxy) is 2. The van der Waals surface area contributed by atoms with Gasteiger partial charge in [-0.1, -0.05) is 31.2 Å². The molecule has 0 aliphatic rings. The van der Waals surface area contributed by atoms with Crippen LogP contribution in [0.1, 0.15) is 36.7 Å². The van der Waals surface area contributed by atoms with Crippen LogP contribution in [0.2, 0.25) is 0 Å². The first-order chi connectivity index (χ1) is 10.0. The third-order valence-corrected chi connectivity index (χ3v) is 2.95. The van der Waals surface area contributed by atoms with Crippen LogP contribution >= 0.6 is 0 Å². The van der Waals surface area contributed by atoms with Crippen LogP contribution in [-0.4, -0.2) is 30.9 Å². The molecular weight excluding hydrogens is 272 g/mol. The van der Waals surface area contributed by atoms with E-state index in [0.717, 1.165) is 12.0 Å². The Hall–Kier alpha value is -2.17. The van der Waals surface area contributed by atoms with Gasteiger partial charge >= 0.3 is 11.9 Å². The van der Waals surface area contributed by atoms with Crippen molar-refractivity contribution in [2.45, 2.75) is 27.2 Å². The van der Waals surface area contributed by atoms with E-state index < -0.39 is 23.6 Å². The number of ketones is 1. The number of benzene rings is 1. The Morgan fingerprint density at radius 1 is 0.905 bits per heavy atom. The van der Waals surface area contributed by atoms with Gasteiger partial charge in [0.05, 0.1) is 13.2 Å². The molecule has 0 saturated carbocycles. The molecule has 114 valence electrons. The van der Waals surface area contributed by atoms with Crippen molar-refractivity contribution >= 4 is 17.7 Å². The lowest BCUT2D eigenvalue weighted by Crippen LogP contribution is -2.35. The van der Waals surface area contributed by atoms with Gasteiger partial charge in [0.2, 0.25) is 5.92 Å². The molecule has 0 radical (unpaired) electrons. The molecule has 1 aromatic rings. The number of carbonyl (C=O) groups is 3. The van der Waals surface area contributed by atoms with E-state index in [1.165, 1.54) is 0 Å². The van der Waals surface area contributed by atoms with Crippen molar-refractivity contribution in [3.05, 3.63) is 35.4 Å². The van der Waals surface area contributed by atoms with Crippen molar-refractivity contribution in [3.8, 4) is 0 Å². The van der Waals surface area contributed by atoms with Crippen LogP contribution in [0.4, 0.5) is 0 Å². The fourth-order valence-corrected chi connectivity index (χ4v) is 1.83. The fraction of sp³-hybridized carbons (Fsp3) is 0.438. The quantitative estimate of drug-likeness (QED) is 0.437. The molecule has 1 rings (SSSR count). The monoisotopic (exact) mass is 292 g/mol. The van der Waals surface area contributed by atoms with Crippen LogP contribution in [-0.2, 0) is 25.5 Å². The number of rotatable bonds is 7. The van der Waals surface area contributed by atoms with E-state index in [2.05, 4.69) is 0 Å². The molecule has 0 spiro atoms. The van der Waals surface area contributed by atoms with Gasteiger partial charge in [-0.05, 0) is 25.8 Å². The van der Waals surface area contributed by atoms with Crippen LogP contribution in [0.25, 0.3) is 0 Å². The molecule has 0 amide bonds. The topological polar surface area (TPSA) is 69.7 Å². The predicted molar refractivity (Wildman–Crippen MR) is 76.9 cm³/mol. The normalized spacial score (nSPS) is 10.3. The third kappa shape index (κ3) is 4.41. The van der Waals surface area contributed by atoms with Crippen LogP contribution in [0.15, 0.2) is 24.3 Å². The van der Waals surface area contributed by atoms with Gasteiger partial charge in [0.25, 0.3) is 0 Å². The molecular formula is C16H20O5. The van der Waals surface area contributed by atoms with Gasteiger partial charge in [-0.2, -0.15) is 0 Å². The Labute approximate surface area is 124 Å². The lowest BCUT2D eigenvalue weighted by Gasteiger charge is -2.13. The minimum atomic E-state index is -1.56. The van der Waals surface area contributed by atoms with E-state index in [4.69, 9.17) is 9.47 Å². The summed E-state index contributed by atoms with van der Waals surface area (Å²) >= 11 is 0. The second kappa shape index (κ2) is 8.19. The average molecular weight is 292 g/mol. The number of Topliss-reactive ketones (excluding diaryl/α,β-unsaturated/α-hetero) is 1. The maximum atomic E-state index is 12.4. The molecule has 0 atom stereocenters. The molecule has 5 heteroatoms. The summed E-state index contributed by atoms with van der Waals surface area (Å²) < 4.78 is 9.60. The summed E-state index contributed by atoms with van der Waals surface area (Å²) in [6, 6.07) is 6.79. The number of hydrogen-bond acceptors (Lipinski definition) is 5. The highest BCUT2D eigenvalue weighted by Crippen LogP contribution is 2.14. The van der Waals surface area contributed by atoms with Crippen LogP contribution in [0.3, 0.4) is 0 Å². The van der Waals surface area contributed by atoms with Gasteiger partial charge in [-0.3, -0.25) is 14.4 Å². The van der Waals surface area contributed by atoms with Gasteiger partial charge < -0.3 is 9.47 Å². The summed E-state index contributed by atoms with van der Waals surface area (Å²) in [5.41, 5.74) is 1.36. The molecule has 5 nitrogen and oxygen atoms in total. The van der Waals surface area contributed by atoms with Crippen molar-refractivity contribution in [2.24, 2.45) is 5.92 Å². The standard InChI is InChI=1S/C16H20O5/c1-4-11-7-9-12(10-8-11)14(17)13(15(18)20-5-2)16(19)21-6-3/h7-10,13H,4-6H2,1-3H3. The Balaban J connectivity index is 3.02. The van der Waals surface area contributed by atoms with Gasteiger partial charge in [0.1, 0.15) is 0 Å². The van der Waals surface area contributed by atoms with E-state index in [1.54, 1.807) is 38.1 Å². The molecule has 0 bridgehead atoms. The van der Waals surface area contributed by atoms with Gasteiger partial charge in [-0.15, -0.1) is 0 Å². The van der Waals surface area contributed by atoms with Gasteiger partial charge in [-0.25, -0.2) is 0 Å². The van der Waals surface area contributed by atoms with Gasteiger partial charge in [0.15, 0.2) is 5.78 Å².